The molecule has 18 heavy (non-hydrogen) atoms. The van der Waals surface area contributed by atoms with Gasteiger partial charge in [0.25, 0.3) is 0 Å². The van der Waals surface area contributed by atoms with Crippen LogP contribution in [0.4, 0.5) is 5.69 Å². The van der Waals surface area contributed by atoms with Gasteiger partial charge in [-0.2, -0.15) is 18.6 Å². The van der Waals surface area contributed by atoms with Crippen molar-refractivity contribution >= 4 is 46.0 Å². The molecule has 2 nitrogen and oxygen atoms in total. The number of allylic oxidation sites excluding steroid dienone is 1. The fourth-order valence-electron chi connectivity index (χ4n) is 1.24. The van der Waals surface area contributed by atoms with Gasteiger partial charge in [-0.15, -0.1) is 6.07 Å². The molecule has 0 amide bonds. The molecule has 0 saturated heterocycles. The third-order valence-electron chi connectivity index (χ3n) is 2.01. The Hall–Kier alpha value is -0.246. The van der Waals surface area contributed by atoms with Crippen molar-refractivity contribution in [3.05, 3.63) is 48.9 Å². The molecule has 0 radical (unpaired) electrons. The van der Waals surface area contributed by atoms with Crippen molar-refractivity contribution in [2.45, 2.75) is 6.04 Å². The van der Waals surface area contributed by atoms with Gasteiger partial charge in [-0.25, -0.2) is 0 Å². The van der Waals surface area contributed by atoms with E-state index >= 15 is 0 Å². The number of rotatable bonds is 2. The molecule has 1 unspecified atom stereocenters. The maximum absolute atomic E-state index is 4.97. The second-order valence-corrected chi connectivity index (χ2v) is 11.0. The Morgan fingerprint density at radius 1 is 1.28 bits per heavy atom. The van der Waals surface area contributed by atoms with Crippen LogP contribution in [0.3, 0.4) is 0 Å². The third-order valence-corrected chi connectivity index (χ3v) is 2.01. The summed E-state index contributed by atoms with van der Waals surface area (Å²) in [5.41, 5.74) is 1.85. The summed E-state index contributed by atoms with van der Waals surface area (Å²) in [6.45, 7) is 3.90. The Morgan fingerprint density at radius 2 is 1.94 bits per heavy atom. The van der Waals surface area contributed by atoms with Crippen LogP contribution in [0.1, 0.15) is 5.56 Å². The van der Waals surface area contributed by atoms with E-state index in [0.29, 0.717) is 0 Å². The van der Waals surface area contributed by atoms with E-state index in [4.69, 9.17) is 27.9 Å². The average Bonchev–Trinajstić information content (AvgIpc) is 2.80. The summed E-state index contributed by atoms with van der Waals surface area (Å²) in [5, 5.41) is 0. The number of aliphatic imine (C=N–C) groups is 2. The van der Waals surface area contributed by atoms with E-state index in [1.54, 1.807) is 6.21 Å². The quantitative estimate of drug-likeness (QED) is 0.426. The van der Waals surface area contributed by atoms with Gasteiger partial charge >= 0.3 is 42.6 Å². The van der Waals surface area contributed by atoms with Crippen molar-refractivity contribution in [2.24, 2.45) is 9.98 Å². The minimum absolute atomic E-state index is 0.0922. The van der Waals surface area contributed by atoms with Crippen molar-refractivity contribution in [3.63, 3.8) is 0 Å². The Kier molecular flexibility index (Phi) is 7.72. The van der Waals surface area contributed by atoms with E-state index in [1.165, 1.54) is 0 Å². The van der Waals surface area contributed by atoms with Gasteiger partial charge in [0, 0.05) is 12.4 Å². The molecular weight excluding hydrogens is 326 g/mol. The second kappa shape index (κ2) is 8.79. The van der Waals surface area contributed by atoms with Crippen molar-refractivity contribution in [1.29, 1.82) is 0 Å². The first-order valence-corrected chi connectivity index (χ1v) is 11.5. The molecular formula is C12H11Cl3N2Ti. The van der Waals surface area contributed by atoms with E-state index in [9.17, 15) is 0 Å². The van der Waals surface area contributed by atoms with E-state index in [0.717, 1.165) is 11.3 Å². The van der Waals surface area contributed by atoms with Crippen LogP contribution in [0.5, 0.6) is 0 Å². The van der Waals surface area contributed by atoms with Crippen molar-refractivity contribution < 1.29 is 14.7 Å². The SMILES string of the molecule is [CH2-]c1ccccc1N=CC1C=CC=N1.[Cl][Ti+]([Cl])[Cl]. The van der Waals surface area contributed by atoms with Crippen LogP contribution >= 0.6 is 27.9 Å². The first-order valence-electron chi connectivity index (χ1n) is 5.08. The normalized spacial score (nSPS) is 16.7. The Labute approximate surface area is 125 Å². The van der Waals surface area contributed by atoms with E-state index in [2.05, 4.69) is 16.9 Å². The average molecular weight is 337 g/mol. The maximum atomic E-state index is 4.97. The predicted molar refractivity (Wildman–Crippen MR) is 78.0 cm³/mol. The van der Waals surface area contributed by atoms with Gasteiger partial charge in [-0.05, 0) is 11.8 Å². The topological polar surface area (TPSA) is 24.7 Å². The molecule has 1 aromatic rings. The molecule has 2 rings (SSSR count). The summed E-state index contributed by atoms with van der Waals surface area (Å²) in [6, 6.07) is 7.89. The van der Waals surface area contributed by atoms with Crippen LogP contribution in [0, 0.1) is 6.92 Å². The molecule has 0 aliphatic carbocycles. The molecule has 0 N–H and O–H groups in total. The molecule has 0 bridgehead atoms. The fourth-order valence-corrected chi connectivity index (χ4v) is 1.24. The minimum atomic E-state index is -1.92. The summed E-state index contributed by atoms with van der Waals surface area (Å²) in [6.07, 6.45) is 7.53. The zero-order valence-corrected chi connectivity index (χ0v) is 13.3. The summed E-state index contributed by atoms with van der Waals surface area (Å²) >= 11 is -1.92. The summed E-state index contributed by atoms with van der Waals surface area (Å²) in [5.74, 6) is 0. The van der Waals surface area contributed by atoms with Crippen LogP contribution < -0.4 is 0 Å². The van der Waals surface area contributed by atoms with Gasteiger partial charge in [0.05, 0.1) is 0 Å². The van der Waals surface area contributed by atoms with Crippen LogP contribution in [0.25, 0.3) is 0 Å². The number of hydrogen-bond acceptors (Lipinski definition) is 2. The van der Waals surface area contributed by atoms with Crippen molar-refractivity contribution in [2.75, 3.05) is 0 Å². The fraction of sp³-hybridized carbons (Fsp3) is 0.0833. The van der Waals surface area contributed by atoms with Crippen LogP contribution in [-0.2, 0) is 14.7 Å². The molecule has 1 aromatic carbocycles. The van der Waals surface area contributed by atoms with Crippen LogP contribution in [-0.4, -0.2) is 18.5 Å². The van der Waals surface area contributed by atoms with Crippen LogP contribution in [0.15, 0.2) is 46.4 Å². The summed E-state index contributed by atoms with van der Waals surface area (Å²) in [7, 11) is 14.9. The van der Waals surface area contributed by atoms with Crippen molar-refractivity contribution in [3.8, 4) is 0 Å². The molecule has 0 spiro atoms. The van der Waals surface area contributed by atoms with E-state index in [-0.39, 0.29) is 6.04 Å². The third kappa shape index (κ3) is 6.62. The number of para-hydroxylation sites is 1. The first-order chi connectivity index (χ1) is 8.59. The predicted octanol–water partition coefficient (Wildman–Crippen LogP) is 4.65. The molecule has 1 aliphatic rings. The Morgan fingerprint density at radius 3 is 2.50 bits per heavy atom. The monoisotopic (exact) mass is 336 g/mol. The second-order valence-electron chi connectivity index (χ2n) is 3.29. The van der Waals surface area contributed by atoms with Gasteiger partial charge in [-0.3, -0.25) is 4.99 Å². The molecule has 94 valence electrons. The molecule has 1 heterocycles. The number of hydrogen-bond donors (Lipinski definition) is 0. The van der Waals surface area contributed by atoms with Gasteiger partial charge in [-0.1, -0.05) is 18.2 Å². The van der Waals surface area contributed by atoms with Crippen LogP contribution in [0.2, 0.25) is 0 Å². The van der Waals surface area contributed by atoms with Gasteiger partial charge < -0.3 is 4.99 Å². The van der Waals surface area contributed by atoms with E-state index in [1.807, 2.05) is 42.6 Å². The number of nitrogens with zero attached hydrogens (tertiary/aromatic N) is 2. The van der Waals surface area contributed by atoms with E-state index < -0.39 is 14.7 Å². The van der Waals surface area contributed by atoms with Gasteiger partial charge in [0.2, 0.25) is 0 Å². The zero-order valence-electron chi connectivity index (χ0n) is 9.43. The zero-order chi connectivity index (χ0) is 13.4. The summed E-state index contributed by atoms with van der Waals surface area (Å²) < 4.78 is 0. The molecule has 0 fully saturated rings. The molecule has 1 aliphatic heterocycles. The first kappa shape index (κ1) is 15.8. The van der Waals surface area contributed by atoms with Crippen molar-refractivity contribution in [1.82, 2.24) is 0 Å². The number of halogens is 3. The Balaban J connectivity index is 0.000000357. The summed E-state index contributed by atoms with van der Waals surface area (Å²) in [4.78, 5) is 8.51. The van der Waals surface area contributed by atoms with Gasteiger partial charge in [0.1, 0.15) is 6.04 Å². The molecule has 6 heteroatoms. The molecule has 0 aromatic heterocycles. The number of benzene rings is 1. The van der Waals surface area contributed by atoms with Gasteiger partial charge in [0.15, 0.2) is 0 Å². The molecule has 1 atom stereocenters. The standard InChI is InChI=1S/C12H11N2.3ClH.Ti/c1-10-5-2-3-7-12(10)14-9-11-6-4-8-13-11;;;;/h2-9,11H,1H2;3*1H;/q-1;;;;+4/p-3. The Bertz CT molecular complexity index is 444. The molecule has 0 saturated carbocycles.